The van der Waals surface area contributed by atoms with Gasteiger partial charge in [0.15, 0.2) is 0 Å². The molecule has 0 saturated carbocycles. The van der Waals surface area contributed by atoms with Gasteiger partial charge in [0.25, 0.3) is 5.91 Å². The minimum Gasteiger partial charge on any atom is -0.332 e. The summed E-state index contributed by atoms with van der Waals surface area (Å²) in [6.07, 6.45) is 4.00. The van der Waals surface area contributed by atoms with E-state index in [0.29, 0.717) is 30.1 Å². The van der Waals surface area contributed by atoms with Crippen molar-refractivity contribution in [1.29, 1.82) is 0 Å². The highest BCUT2D eigenvalue weighted by molar-refractivity contribution is 6.00. The first-order valence-electron chi connectivity index (χ1n) is 11.4. The minimum absolute atomic E-state index is 0.0498. The fourth-order valence-electron chi connectivity index (χ4n) is 4.51. The van der Waals surface area contributed by atoms with Gasteiger partial charge in [-0.2, -0.15) is 5.10 Å². The number of halogens is 2. The molecule has 2 aromatic carbocycles. The molecule has 0 unspecified atom stereocenters. The lowest BCUT2D eigenvalue weighted by atomic mass is 10.0. The molecular formula is C27H21F2N5O. The summed E-state index contributed by atoms with van der Waals surface area (Å²) in [6, 6.07) is 20.4. The van der Waals surface area contributed by atoms with Crippen LogP contribution in [0.15, 0.2) is 85.2 Å². The number of hydrogen-bond acceptors (Lipinski definition) is 3. The molecule has 174 valence electrons. The molecular weight excluding hydrogens is 448 g/mol. The third kappa shape index (κ3) is 3.86. The molecule has 1 atom stereocenters. The number of carbonyl (C=O) groups is 1. The number of nitrogens with zero attached hydrogens (tertiary/aromatic N) is 5. The topological polar surface area (TPSA) is 55.4 Å². The number of benzene rings is 2. The van der Waals surface area contributed by atoms with E-state index >= 15 is 0 Å². The number of likely N-dealkylation sites (tertiary alicyclic amines) is 1. The van der Waals surface area contributed by atoms with Crippen LogP contribution in [0.4, 0.5) is 8.78 Å². The first-order valence-corrected chi connectivity index (χ1v) is 11.4. The van der Waals surface area contributed by atoms with Gasteiger partial charge < -0.3 is 4.90 Å². The van der Waals surface area contributed by atoms with E-state index in [2.05, 4.69) is 10.1 Å². The SMILES string of the molecule is O=C(c1c(-c2ccccc2)nc2ccc(F)cn12)N1CC[C@H]1Cn1ccc(-c2ccc(F)cc2)n1. The largest absolute Gasteiger partial charge is 0.332 e. The molecule has 1 saturated heterocycles. The number of rotatable bonds is 5. The summed E-state index contributed by atoms with van der Waals surface area (Å²) in [6.45, 7) is 1.13. The van der Waals surface area contributed by atoms with Crippen molar-refractivity contribution < 1.29 is 13.6 Å². The van der Waals surface area contributed by atoms with Crippen LogP contribution < -0.4 is 0 Å². The maximum absolute atomic E-state index is 14.1. The van der Waals surface area contributed by atoms with Gasteiger partial charge in [0.2, 0.25) is 0 Å². The third-order valence-electron chi connectivity index (χ3n) is 6.42. The molecule has 0 radical (unpaired) electrons. The number of aromatic nitrogens is 4. The smallest absolute Gasteiger partial charge is 0.273 e. The summed E-state index contributed by atoms with van der Waals surface area (Å²) in [4.78, 5) is 20.2. The molecule has 3 aromatic heterocycles. The number of fused-ring (bicyclic) bond motifs is 1. The summed E-state index contributed by atoms with van der Waals surface area (Å²) in [7, 11) is 0. The van der Waals surface area contributed by atoms with E-state index < -0.39 is 5.82 Å². The van der Waals surface area contributed by atoms with Gasteiger partial charge in [-0.15, -0.1) is 0 Å². The number of pyridine rings is 1. The normalized spacial score (nSPS) is 15.4. The maximum Gasteiger partial charge on any atom is 0.273 e. The van der Waals surface area contributed by atoms with Crippen LogP contribution in [0.2, 0.25) is 0 Å². The summed E-state index contributed by atoms with van der Waals surface area (Å²) >= 11 is 0. The highest BCUT2D eigenvalue weighted by atomic mass is 19.1. The van der Waals surface area contributed by atoms with Gasteiger partial charge >= 0.3 is 0 Å². The lowest BCUT2D eigenvalue weighted by molar-refractivity contribution is 0.0409. The summed E-state index contributed by atoms with van der Waals surface area (Å²) in [5.74, 6) is -0.920. The molecule has 6 rings (SSSR count). The molecule has 6 nitrogen and oxygen atoms in total. The Balaban J connectivity index is 1.29. The predicted molar refractivity (Wildman–Crippen MR) is 128 cm³/mol. The van der Waals surface area contributed by atoms with E-state index in [4.69, 9.17) is 0 Å². The fraction of sp³-hybridized carbons (Fsp3) is 0.148. The Morgan fingerprint density at radius 2 is 1.69 bits per heavy atom. The number of hydrogen-bond donors (Lipinski definition) is 0. The van der Waals surface area contributed by atoms with Crippen molar-refractivity contribution in [3.8, 4) is 22.5 Å². The van der Waals surface area contributed by atoms with Crippen LogP contribution in [0.5, 0.6) is 0 Å². The summed E-state index contributed by atoms with van der Waals surface area (Å²) < 4.78 is 30.7. The average molecular weight is 469 g/mol. The first-order chi connectivity index (χ1) is 17.1. The molecule has 1 aliphatic heterocycles. The van der Waals surface area contributed by atoms with E-state index in [1.807, 2.05) is 42.6 Å². The van der Waals surface area contributed by atoms with Gasteiger partial charge in [0, 0.05) is 30.1 Å². The Bertz CT molecular complexity index is 1520. The van der Waals surface area contributed by atoms with Crippen LogP contribution in [0.25, 0.3) is 28.2 Å². The van der Waals surface area contributed by atoms with Gasteiger partial charge in [-0.1, -0.05) is 30.3 Å². The molecule has 1 aliphatic rings. The number of carbonyl (C=O) groups excluding carboxylic acids is 1. The standard InChI is InChI=1S/C27H21F2N5O/c28-20-8-6-18(7-9-20)23-13-14-32(31-23)17-22-12-15-33(22)27(35)26-25(19-4-2-1-3-5-19)30-24-11-10-21(29)16-34(24)26/h1-11,13-14,16,22H,12,15,17H2/t22-/m0/s1. The monoisotopic (exact) mass is 469 g/mol. The zero-order valence-electron chi connectivity index (χ0n) is 18.7. The predicted octanol–water partition coefficient (Wildman–Crippen LogP) is 5.06. The number of imidazole rings is 1. The molecule has 5 aromatic rings. The van der Waals surface area contributed by atoms with E-state index in [1.54, 1.807) is 27.8 Å². The summed E-state index contributed by atoms with van der Waals surface area (Å²) in [5.41, 5.74) is 3.76. The Kier molecular flexibility index (Phi) is 5.13. The zero-order valence-corrected chi connectivity index (χ0v) is 18.7. The average Bonchev–Trinajstić information content (AvgIpc) is 3.47. The lowest BCUT2D eigenvalue weighted by Crippen LogP contribution is -2.53. The van der Waals surface area contributed by atoms with E-state index in [0.717, 1.165) is 23.2 Å². The van der Waals surface area contributed by atoms with Crippen molar-refractivity contribution >= 4 is 11.6 Å². The van der Waals surface area contributed by atoms with Crippen molar-refractivity contribution in [2.75, 3.05) is 6.54 Å². The van der Waals surface area contributed by atoms with E-state index in [1.165, 1.54) is 28.8 Å². The van der Waals surface area contributed by atoms with Gasteiger partial charge in [0.05, 0.1) is 18.3 Å². The van der Waals surface area contributed by atoms with Crippen LogP contribution in [0.3, 0.4) is 0 Å². The van der Waals surface area contributed by atoms with Crippen molar-refractivity contribution in [2.24, 2.45) is 0 Å². The molecule has 0 aliphatic carbocycles. The minimum atomic E-state index is -0.436. The molecule has 35 heavy (non-hydrogen) atoms. The molecule has 0 N–H and O–H groups in total. The molecule has 0 spiro atoms. The van der Waals surface area contributed by atoms with Crippen molar-refractivity contribution in [3.05, 3.63) is 103 Å². The second-order valence-corrected chi connectivity index (χ2v) is 8.62. The third-order valence-corrected chi connectivity index (χ3v) is 6.42. The second kappa shape index (κ2) is 8.47. The van der Waals surface area contributed by atoms with Gasteiger partial charge in [-0.05, 0) is 48.9 Å². The van der Waals surface area contributed by atoms with Crippen LogP contribution in [-0.2, 0) is 6.54 Å². The zero-order chi connectivity index (χ0) is 23.9. The van der Waals surface area contributed by atoms with Crippen LogP contribution in [0, 0.1) is 11.6 Å². The quantitative estimate of drug-likeness (QED) is 0.362. The Morgan fingerprint density at radius 3 is 2.43 bits per heavy atom. The van der Waals surface area contributed by atoms with Gasteiger partial charge in [0.1, 0.15) is 28.7 Å². The number of amides is 1. The van der Waals surface area contributed by atoms with E-state index in [9.17, 15) is 13.6 Å². The summed E-state index contributed by atoms with van der Waals surface area (Å²) in [5, 5.41) is 4.60. The van der Waals surface area contributed by atoms with Crippen molar-refractivity contribution in [2.45, 2.75) is 19.0 Å². The van der Waals surface area contributed by atoms with Crippen LogP contribution in [0.1, 0.15) is 16.9 Å². The van der Waals surface area contributed by atoms with Crippen molar-refractivity contribution in [1.82, 2.24) is 24.1 Å². The van der Waals surface area contributed by atoms with E-state index in [-0.39, 0.29) is 17.8 Å². The molecule has 8 heteroatoms. The Morgan fingerprint density at radius 1 is 0.914 bits per heavy atom. The highest BCUT2D eigenvalue weighted by Crippen LogP contribution is 2.30. The molecule has 1 amide bonds. The molecule has 1 fully saturated rings. The Hall–Kier alpha value is -4.33. The van der Waals surface area contributed by atoms with Crippen LogP contribution >= 0.6 is 0 Å². The highest BCUT2D eigenvalue weighted by Gasteiger charge is 2.36. The second-order valence-electron chi connectivity index (χ2n) is 8.62. The van der Waals surface area contributed by atoms with Crippen LogP contribution in [-0.4, -0.2) is 42.6 Å². The lowest BCUT2D eigenvalue weighted by Gasteiger charge is -2.41. The molecule has 0 bridgehead atoms. The maximum atomic E-state index is 14.1. The first kappa shape index (κ1) is 21.2. The van der Waals surface area contributed by atoms with Gasteiger partial charge in [-0.25, -0.2) is 13.8 Å². The molecule has 4 heterocycles. The Labute approximate surface area is 200 Å². The van der Waals surface area contributed by atoms with Gasteiger partial charge in [-0.3, -0.25) is 13.9 Å². The van der Waals surface area contributed by atoms with Crippen molar-refractivity contribution in [3.63, 3.8) is 0 Å². The fourth-order valence-corrected chi connectivity index (χ4v) is 4.51.